The van der Waals surface area contributed by atoms with Gasteiger partial charge in [0.05, 0.1) is 0 Å². The second-order valence-electron chi connectivity index (χ2n) is 6.14. The Balaban J connectivity index is 1.83. The summed E-state index contributed by atoms with van der Waals surface area (Å²) in [6.45, 7) is 2.33. The second-order valence-corrected chi connectivity index (χ2v) is 6.14. The first-order valence-corrected chi connectivity index (χ1v) is 7.21. The summed E-state index contributed by atoms with van der Waals surface area (Å²) in [6.07, 6.45) is 12.3. The summed E-state index contributed by atoms with van der Waals surface area (Å²) in [4.78, 5) is 0. The summed E-state index contributed by atoms with van der Waals surface area (Å²) in [5.41, 5.74) is 0. The third-order valence-electron chi connectivity index (χ3n) is 5.67. The molecule has 0 N–H and O–H groups in total. The zero-order valence-electron chi connectivity index (χ0n) is 10.1. The number of hydrogen-bond donors (Lipinski definition) is 0. The van der Waals surface area contributed by atoms with Gasteiger partial charge in [-0.15, -0.1) is 0 Å². The first-order valence-electron chi connectivity index (χ1n) is 7.21. The molecule has 83 valence electrons. The van der Waals surface area contributed by atoms with Crippen LogP contribution in [0.4, 0.5) is 0 Å². The van der Waals surface area contributed by atoms with E-state index in [-0.39, 0.29) is 0 Å². The molecule has 3 fully saturated rings. The fourth-order valence-corrected chi connectivity index (χ4v) is 5.21. The van der Waals surface area contributed by atoms with E-state index in [9.17, 15) is 0 Å². The summed E-state index contributed by atoms with van der Waals surface area (Å²) in [5, 5.41) is 0. The molecule has 0 nitrogen and oxygen atoms in total. The molecule has 0 amide bonds. The van der Waals surface area contributed by atoms with Crippen LogP contribution >= 0.6 is 0 Å². The van der Waals surface area contributed by atoms with Gasteiger partial charge in [0.2, 0.25) is 0 Å². The van der Waals surface area contributed by atoms with E-state index in [4.69, 9.17) is 0 Å². The third kappa shape index (κ3) is 1.57. The van der Waals surface area contributed by atoms with Crippen LogP contribution in [0.3, 0.4) is 0 Å². The summed E-state index contributed by atoms with van der Waals surface area (Å²) in [7, 11) is 2.57. The van der Waals surface area contributed by atoms with Crippen molar-refractivity contribution in [2.24, 2.45) is 23.7 Å². The van der Waals surface area contributed by atoms with E-state index >= 15 is 0 Å². The van der Waals surface area contributed by atoms with Crippen molar-refractivity contribution in [1.29, 1.82) is 0 Å². The van der Waals surface area contributed by atoms with Gasteiger partial charge in [-0.3, -0.25) is 0 Å². The fourth-order valence-electron chi connectivity index (χ4n) is 5.21. The molecular weight excluding hydrogens is 179 g/mol. The highest BCUT2D eigenvalue weighted by Gasteiger charge is 2.49. The summed E-state index contributed by atoms with van der Waals surface area (Å²) in [5.74, 6) is 5.45. The van der Waals surface area contributed by atoms with Crippen molar-refractivity contribution in [2.75, 3.05) is 0 Å². The average molecular weight is 203 g/mol. The van der Waals surface area contributed by atoms with Gasteiger partial charge in [-0.25, -0.2) is 0 Å². The van der Waals surface area contributed by atoms with Crippen LogP contribution < -0.4 is 0 Å². The highest BCUT2D eigenvalue weighted by Crippen LogP contribution is 2.59. The molecule has 3 saturated carbocycles. The lowest BCUT2D eigenvalue weighted by atomic mass is 9.56. The lowest BCUT2D eigenvalue weighted by Gasteiger charge is -2.32. The molecule has 0 saturated heterocycles. The lowest BCUT2D eigenvalue weighted by Crippen LogP contribution is -2.22. The Morgan fingerprint density at radius 3 is 1.47 bits per heavy atom. The first-order chi connectivity index (χ1) is 7.42. The molecule has 3 rings (SSSR count). The van der Waals surface area contributed by atoms with Gasteiger partial charge >= 0.3 is 0 Å². The predicted molar refractivity (Wildman–Crippen MR) is 66.3 cm³/mol. The van der Waals surface area contributed by atoms with Gasteiger partial charge in [-0.1, -0.05) is 51.2 Å². The van der Waals surface area contributed by atoms with Crippen molar-refractivity contribution < 1.29 is 0 Å². The molecule has 3 aliphatic carbocycles. The standard InChI is InChI=1S/C14H24B/c1-15-14-12-8-4-2-6-10(12)11-7-3-5-9-13(11)14/h10-14H,2-9H2,1H3. The van der Waals surface area contributed by atoms with E-state index in [0.717, 1.165) is 29.5 Å². The maximum atomic E-state index is 2.57. The van der Waals surface area contributed by atoms with Crippen molar-refractivity contribution in [3.63, 3.8) is 0 Å². The Morgan fingerprint density at radius 2 is 1.07 bits per heavy atom. The van der Waals surface area contributed by atoms with Crippen molar-refractivity contribution in [3.8, 4) is 0 Å². The Kier molecular flexibility index (Phi) is 2.83. The van der Waals surface area contributed by atoms with Gasteiger partial charge in [0.25, 0.3) is 0 Å². The monoisotopic (exact) mass is 203 g/mol. The largest absolute Gasteiger partial charge is 0.110 e. The van der Waals surface area contributed by atoms with Crippen LogP contribution in [-0.4, -0.2) is 7.28 Å². The van der Waals surface area contributed by atoms with E-state index in [1.54, 1.807) is 25.7 Å². The topological polar surface area (TPSA) is 0 Å². The molecule has 15 heavy (non-hydrogen) atoms. The van der Waals surface area contributed by atoms with Crippen molar-refractivity contribution in [2.45, 2.75) is 64.0 Å². The van der Waals surface area contributed by atoms with E-state index in [1.165, 1.54) is 25.7 Å². The molecule has 0 spiro atoms. The maximum absolute atomic E-state index is 2.57. The van der Waals surface area contributed by atoms with E-state index in [2.05, 4.69) is 14.1 Å². The van der Waals surface area contributed by atoms with Gasteiger partial charge in [0.1, 0.15) is 7.28 Å². The molecule has 4 atom stereocenters. The van der Waals surface area contributed by atoms with Gasteiger partial charge < -0.3 is 0 Å². The Labute approximate surface area is 95.5 Å². The van der Waals surface area contributed by atoms with Crippen LogP contribution in [0.1, 0.15) is 51.4 Å². The number of hydrogen-bond acceptors (Lipinski definition) is 0. The molecule has 1 radical (unpaired) electrons. The minimum Gasteiger partial charge on any atom is -0.0917 e. The third-order valence-corrected chi connectivity index (χ3v) is 5.67. The van der Waals surface area contributed by atoms with Gasteiger partial charge in [0, 0.05) is 0 Å². The van der Waals surface area contributed by atoms with E-state index in [0.29, 0.717) is 0 Å². The van der Waals surface area contributed by atoms with Crippen LogP contribution in [0.5, 0.6) is 0 Å². The van der Waals surface area contributed by atoms with Crippen molar-refractivity contribution in [1.82, 2.24) is 0 Å². The van der Waals surface area contributed by atoms with Crippen molar-refractivity contribution in [3.05, 3.63) is 0 Å². The molecule has 0 aromatic carbocycles. The summed E-state index contributed by atoms with van der Waals surface area (Å²) >= 11 is 0. The first kappa shape index (κ1) is 10.2. The fraction of sp³-hybridized carbons (Fsp3) is 1.00. The minimum atomic E-state index is 1.00. The lowest BCUT2D eigenvalue weighted by molar-refractivity contribution is 0.184. The quantitative estimate of drug-likeness (QED) is 0.561. The van der Waals surface area contributed by atoms with Crippen LogP contribution in [-0.2, 0) is 0 Å². The molecule has 0 heterocycles. The molecule has 3 aliphatic rings. The molecule has 4 unspecified atom stereocenters. The Morgan fingerprint density at radius 1 is 0.667 bits per heavy atom. The molecule has 1 heteroatoms. The molecule has 0 aromatic heterocycles. The van der Waals surface area contributed by atoms with Gasteiger partial charge in [0.15, 0.2) is 0 Å². The molecule has 0 aromatic rings. The number of fused-ring (bicyclic) bond motifs is 3. The second kappa shape index (κ2) is 4.15. The minimum absolute atomic E-state index is 1.00. The predicted octanol–water partition coefficient (Wildman–Crippen LogP) is 4.15. The average Bonchev–Trinajstić information content (AvgIpc) is 2.63. The van der Waals surface area contributed by atoms with Crippen LogP contribution in [0, 0.1) is 23.7 Å². The maximum Gasteiger partial charge on any atom is 0.110 e. The van der Waals surface area contributed by atoms with Crippen LogP contribution in [0.2, 0.25) is 12.6 Å². The van der Waals surface area contributed by atoms with Crippen LogP contribution in [0.25, 0.3) is 0 Å². The highest BCUT2D eigenvalue weighted by atomic mass is 14.5. The normalized spacial score (nSPS) is 49.5. The van der Waals surface area contributed by atoms with E-state index in [1.807, 2.05) is 0 Å². The molecule has 0 bridgehead atoms. The summed E-state index contributed by atoms with van der Waals surface area (Å²) in [6, 6.07) is 0. The van der Waals surface area contributed by atoms with Gasteiger partial charge in [-0.05, 0) is 36.5 Å². The SMILES string of the molecule is C[B]C1C2CCCCC2C2CCCCC12. The smallest absolute Gasteiger partial charge is 0.0917 e. The Hall–Kier alpha value is 0.0649. The highest BCUT2D eigenvalue weighted by molar-refractivity contribution is 6.36. The molecular formula is C14H24B. The Bertz CT molecular complexity index is 172. The van der Waals surface area contributed by atoms with Crippen molar-refractivity contribution >= 4 is 7.28 Å². The van der Waals surface area contributed by atoms with E-state index < -0.39 is 0 Å². The zero-order chi connectivity index (χ0) is 10.3. The van der Waals surface area contributed by atoms with Gasteiger partial charge in [-0.2, -0.15) is 0 Å². The molecule has 0 aliphatic heterocycles. The van der Waals surface area contributed by atoms with Crippen LogP contribution in [0.15, 0.2) is 0 Å². The zero-order valence-corrected chi connectivity index (χ0v) is 10.1. The number of rotatable bonds is 1. The summed E-state index contributed by atoms with van der Waals surface area (Å²) < 4.78 is 0.